The Morgan fingerprint density at radius 1 is 1.37 bits per heavy atom. The summed E-state index contributed by atoms with van der Waals surface area (Å²) in [4.78, 5) is 26.4. The maximum atomic E-state index is 13.1. The van der Waals surface area contributed by atoms with Crippen LogP contribution >= 0.6 is 0 Å². The molecule has 1 atom stereocenters. The number of carboxylic acid groups (broad SMARTS) is 1. The molecule has 2 rings (SSSR count). The van der Waals surface area contributed by atoms with E-state index in [1.807, 2.05) is 0 Å². The maximum Gasteiger partial charge on any atom is 0.325 e. The first-order chi connectivity index (χ1) is 8.97. The SMILES string of the molecule is CC(NC(=O)c1cnc2ccc(F)cc2c1)C(=O)O. The first kappa shape index (κ1) is 12.9. The van der Waals surface area contributed by atoms with Gasteiger partial charge in [0.2, 0.25) is 0 Å². The minimum absolute atomic E-state index is 0.186. The summed E-state index contributed by atoms with van der Waals surface area (Å²) >= 11 is 0. The monoisotopic (exact) mass is 262 g/mol. The number of carbonyl (C=O) groups is 2. The van der Waals surface area contributed by atoms with Gasteiger partial charge in [0.05, 0.1) is 11.1 Å². The van der Waals surface area contributed by atoms with Gasteiger partial charge < -0.3 is 10.4 Å². The highest BCUT2D eigenvalue weighted by Gasteiger charge is 2.15. The van der Waals surface area contributed by atoms with Crippen molar-refractivity contribution in [3.63, 3.8) is 0 Å². The molecule has 0 aliphatic heterocycles. The Bertz CT molecular complexity index is 657. The highest BCUT2D eigenvalue weighted by Crippen LogP contribution is 2.14. The summed E-state index contributed by atoms with van der Waals surface area (Å²) in [5, 5.41) is 11.5. The zero-order valence-corrected chi connectivity index (χ0v) is 10.1. The molecule has 0 aliphatic carbocycles. The van der Waals surface area contributed by atoms with Gasteiger partial charge in [0, 0.05) is 11.6 Å². The average Bonchev–Trinajstić information content (AvgIpc) is 2.37. The highest BCUT2D eigenvalue weighted by molar-refractivity contribution is 5.98. The van der Waals surface area contributed by atoms with Gasteiger partial charge in [0.25, 0.3) is 5.91 Å². The van der Waals surface area contributed by atoms with Gasteiger partial charge in [-0.3, -0.25) is 14.6 Å². The first-order valence-electron chi connectivity index (χ1n) is 5.56. The Morgan fingerprint density at radius 2 is 2.11 bits per heavy atom. The summed E-state index contributed by atoms with van der Waals surface area (Å²) in [6.07, 6.45) is 1.32. The second-order valence-corrected chi connectivity index (χ2v) is 4.09. The average molecular weight is 262 g/mol. The molecule has 5 nitrogen and oxygen atoms in total. The number of nitrogens with zero attached hydrogens (tertiary/aromatic N) is 1. The largest absolute Gasteiger partial charge is 0.480 e. The van der Waals surface area contributed by atoms with Crippen LogP contribution in [0.4, 0.5) is 4.39 Å². The van der Waals surface area contributed by atoms with Crippen molar-refractivity contribution in [2.24, 2.45) is 0 Å². The van der Waals surface area contributed by atoms with Gasteiger partial charge in [-0.25, -0.2) is 4.39 Å². The molecule has 2 N–H and O–H groups in total. The molecule has 0 saturated carbocycles. The van der Waals surface area contributed by atoms with Crippen molar-refractivity contribution in [3.05, 3.63) is 41.8 Å². The summed E-state index contributed by atoms with van der Waals surface area (Å²) in [6.45, 7) is 1.36. The fraction of sp³-hybridized carbons (Fsp3) is 0.154. The van der Waals surface area contributed by atoms with E-state index in [0.717, 1.165) is 0 Å². The molecule has 2 aromatic rings. The first-order valence-corrected chi connectivity index (χ1v) is 5.56. The van der Waals surface area contributed by atoms with Gasteiger partial charge in [-0.05, 0) is 31.2 Å². The molecule has 0 bridgehead atoms. The summed E-state index contributed by atoms with van der Waals surface area (Å²) in [5.74, 6) is -2.12. The number of aliphatic carboxylic acids is 1. The van der Waals surface area contributed by atoms with Crippen LogP contribution in [0.2, 0.25) is 0 Å². The number of carbonyl (C=O) groups excluding carboxylic acids is 1. The lowest BCUT2D eigenvalue weighted by Gasteiger charge is -2.09. The number of fused-ring (bicyclic) bond motifs is 1. The van der Waals surface area contributed by atoms with E-state index in [9.17, 15) is 14.0 Å². The van der Waals surface area contributed by atoms with Crippen LogP contribution in [0, 0.1) is 5.82 Å². The number of benzene rings is 1. The molecule has 0 aliphatic rings. The summed E-state index contributed by atoms with van der Waals surface area (Å²) in [5.41, 5.74) is 0.746. The summed E-state index contributed by atoms with van der Waals surface area (Å²) in [7, 11) is 0. The molecule has 0 saturated heterocycles. The number of amides is 1. The van der Waals surface area contributed by atoms with Gasteiger partial charge >= 0.3 is 5.97 Å². The molecule has 6 heteroatoms. The Morgan fingerprint density at radius 3 is 2.79 bits per heavy atom. The van der Waals surface area contributed by atoms with Crippen molar-refractivity contribution in [3.8, 4) is 0 Å². The minimum atomic E-state index is -1.13. The number of halogens is 1. The minimum Gasteiger partial charge on any atom is -0.480 e. The zero-order valence-electron chi connectivity index (χ0n) is 10.1. The lowest BCUT2D eigenvalue weighted by molar-refractivity contribution is -0.138. The third-order valence-corrected chi connectivity index (χ3v) is 2.62. The Hall–Kier alpha value is -2.50. The molecule has 98 valence electrons. The van der Waals surface area contributed by atoms with Crippen LogP contribution < -0.4 is 5.32 Å². The Kier molecular flexibility index (Phi) is 3.41. The van der Waals surface area contributed by atoms with Gasteiger partial charge in [0.15, 0.2) is 0 Å². The molecule has 1 unspecified atom stereocenters. The third kappa shape index (κ3) is 2.85. The van der Waals surface area contributed by atoms with Crippen molar-refractivity contribution < 1.29 is 19.1 Å². The summed E-state index contributed by atoms with van der Waals surface area (Å²) in [6, 6.07) is 4.51. The summed E-state index contributed by atoms with van der Waals surface area (Å²) < 4.78 is 13.1. The Balaban J connectivity index is 2.30. The molecule has 1 aromatic heterocycles. The number of hydrogen-bond acceptors (Lipinski definition) is 3. The number of rotatable bonds is 3. The number of hydrogen-bond donors (Lipinski definition) is 2. The fourth-order valence-corrected chi connectivity index (χ4v) is 1.57. The quantitative estimate of drug-likeness (QED) is 0.880. The molecular weight excluding hydrogens is 251 g/mol. The third-order valence-electron chi connectivity index (χ3n) is 2.62. The van der Waals surface area contributed by atoms with Gasteiger partial charge in [-0.2, -0.15) is 0 Å². The maximum absolute atomic E-state index is 13.1. The van der Waals surface area contributed by atoms with Crippen molar-refractivity contribution >= 4 is 22.8 Å². The number of pyridine rings is 1. The molecule has 0 spiro atoms. The van der Waals surface area contributed by atoms with Crippen molar-refractivity contribution in [1.82, 2.24) is 10.3 Å². The topological polar surface area (TPSA) is 79.3 Å². The van der Waals surface area contributed by atoms with E-state index >= 15 is 0 Å². The lowest BCUT2D eigenvalue weighted by Crippen LogP contribution is -2.38. The van der Waals surface area contributed by atoms with E-state index < -0.39 is 23.7 Å². The van der Waals surface area contributed by atoms with E-state index in [0.29, 0.717) is 10.9 Å². The van der Waals surface area contributed by atoms with Crippen molar-refractivity contribution in [1.29, 1.82) is 0 Å². The smallest absolute Gasteiger partial charge is 0.325 e. The fourth-order valence-electron chi connectivity index (χ4n) is 1.57. The molecule has 1 amide bonds. The number of aromatic nitrogens is 1. The van der Waals surface area contributed by atoms with Crippen molar-refractivity contribution in [2.75, 3.05) is 0 Å². The normalized spacial score (nSPS) is 12.1. The van der Waals surface area contributed by atoms with Crippen LogP contribution in [-0.4, -0.2) is 28.0 Å². The molecule has 1 heterocycles. The van der Waals surface area contributed by atoms with E-state index in [4.69, 9.17) is 5.11 Å². The van der Waals surface area contributed by atoms with Crippen LogP contribution in [0.15, 0.2) is 30.5 Å². The molecule has 0 fully saturated rings. The van der Waals surface area contributed by atoms with Crippen LogP contribution in [0.5, 0.6) is 0 Å². The van der Waals surface area contributed by atoms with E-state index in [2.05, 4.69) is 10.3 Å². The van der Waals surface area contributed by atoms with E-state index in [1.165, 1.54) is 37.4 Å². The van der Waals surface area contributed by atoms with E-state index in [1.54, 1.807) is 0 Å². The predicted octanol–water partition coefficient (Wildman–Crippen LogP) is 1.58. The molecule has 19 heavy (non-hydrogen) atoms. The van der Waals surface area contributed by atoms with Crippen molar-refractivity contribution in [2.45, 2.75) is 13.0 Å². The Labute approximate surface area is 108 Å². The standard InChI is InChI=1S/C13H11FN2O3/c1-7(13(18)19)16-12(17)9-4-8-5-10(14)2-3-11(8)15-6-9/h2-7H,1H3,(H,16,17)(H,18,19). The van der Waals surface area contributed by atoms with E-state index in [-0.39, 0.29) is 5.56 Å². The highest BCUT2D eigenvalue weighted by atomic mass is 19.1. The van der Waals surface area contributed by atoms with Crippen LogP contribution in [0.25, 0.3) is 10.9 Å². The van der Waals surface area contributed by atoms with Gasteiger partial charge in [-0.15, -0.1) is 0 Å². The zero-order chi connectivity index (χ0) is 14.0. The van der Waals surface area contributed by atoms with Crippen LogP contribution in [-0.2, 0) is 4.79 Å². The van der Waals surface area contributed by atoms with Crippen LogP contribution in [0.1, 0.15) is 17.3 Å². The predicted molar refractivity (Wildman–Crippen MR) is 66.3 cm³/mol. The number of nitrogens with one attached hydrogen (secondary N) is 1. The van der Waals surface area contributed by atoms with Crippen LogP contribution in [0.3, 0.4) is 0 Å². The molecular formula is C13H11FN2O3. The second kappa shape index (κ2) is 5.01. The van der Waals surface area contributed by atoms with Gasteiger partial charge in [-0.1, -0.05) is 0 Å². The van der Waals surface area contributed by atoms with Gasteiger partial charge in [0.1, 0.15) is 11.9 Å². The second-order valence-electron chi connectivity index (χ2n) is 4.09. The lowest BCUT2D eigenvalue weighted by atomic mass is 10.1. The molecule has 0 radical (unpaired) electrons. The molecule has 1 aromatic carbocycles. The number of carboxylic acids is 1.